The van der Waals surface area contributed by atoms with Gasteiger partial charge in [0, 0.05) is 17.3 Å². The summed E-state index contributed by atoms with van der Waals surface area (Å²) >= 11 is 0. The van der Waals surface area contributed by atoms with Crippen LogP contribution in [-0.2, 0) is 20.6 Å². The molecule has 3 aromatic carbocycles. The molecule has 0 radical (unpaired) electrons. The van der Waals surface area contributed by atoms with E-state index in [4.69, 9.17) is 14.2 Å². The predicted octanol–water partition coefficient (Wildman–Crippen LogP) is 3.55. The molecule has 0 aliphatic heterocycles. The van der Waals surface area contributed by atoms with Gasteiger partial charge in [-0.2, -0.15) is 0 Å². The molecule has 3 rings (SSSR count). The molecule has 9 heteroatoms. The molecule has 0 unspecified atom stereocenters. The Kier molecular flexibility index (Phi) is 7.69. The van der Waals surface area contributed by atoms with Gasteiger partial charge in [-0.05, 0) is 42.5 Å². The second-order valence-corrected chi connectivity index (χ2v) is 8.55. The van der Waals surface area contributed by atoms with Crippen LogP contribution in [0.25, 0.3) is 0 Å². The van der Waals surface area contributed by atoms with Crippen LogP contribution in [0.4, 0.5) is 5.69 Å². The molecule has 0 aliphatic carbocycles. The molecule has 0 bridgehead atoms. The van der Waals surface area contributed by atoms with E-state index in [9.17, 15) is 13.2 Å². The van der Waals surface area contributed by atoms with E-state index in [1.54, 1.807) is 42.5 Å². The largest absolute Gasteiger partial charge is 0.497 e. The Morgan fingerprint density at radius 3 is 2.16 bits per heavy atom. The minimum absolute atomic E-state index is 0.334. The number of benzene rings is 3. The van der Waals surface area contributed by atoms with Gasteiger partial charge < -0.3 is 19.5 Å². The molecule has 0 saturated carbocycles. The van der Waals surface area contributed by atoms with Crippen LogP contribution in [0.15, 0.2) is 72.8 Å². The number of anilines is 1. The summed E-state index contributed by atoms with van der Waals surface area (Å²) in [5.41, 5.74) is 0.974. The van der Waals surface area contributed by atoms with Crippen molar-refractivity contribution in [1.29, 1.82) is 0 Å². The summed E-state index contributed by atoms with van der Waals surface area (Å²) in [4.78, 5) is 12.2. The van der Waals surface area contributed by atoms with Crippen LogP contribution in [-0.4, -0.2) is 35.1 Å². The van der Waals surface area contributed by atoms with Crippen molar-refractivity contribution in [2.75, 3.05) is 26.1 Å². The van der Waals surface area contributed by atoms with Gasteiger partial charge in [-0.15, -0.1) is 0 Å². The molecule has 168 valence electrons. The van der Waals surface area contributed by atoms with Crippen LogP contribution in [0.5, 0.6) is 23.0 Å². The highest BCUT2D eigenvalue weighted by molar-refractivity contribution is 7.88. The molecule has 8 nitrogen and oxygen atoms in total. The van der Waals surface area contributed by atoms with Gasteiger partial charge in [0.15, 0.2) is 0 Å². The average molecular weight is 457 g/mol. The molecule has 1 amide bonds. The molecule has 0 saturated heterocycles. The predicted molar refractivity (Wildman–Crippen MR) is 122 cm³/mol. The van der Waals surface area contributed by atoms with E-state index in [-0.39, 0.29) is 5.75 Å². The highest BCUT2D eigenvalue weighted by Gasteiger charge is 2.17. The molecule has 0 heterocycles. The van der Waals surface area contributed by atoms with Crippen LogP contribution in [0.2, 0.25) is 0 Å². The zero-order valence-electron chi connectivity index (χ0n) is 17.7. The molecule has 0 aliphatic rings. The van der Waals surface area contributed by atoms with Gasteiger partial charge in [-0.1, -0.05) is 24.3 Å². The Morgan fingerprint density at radius 2 is 1.50 bits per heavy atom. The number of carbonyl (C=O) groups is 1. The Hall–Kier alpha value is -3.56. The Bertz CT molecular complexity index is 1150. The summed E-state index contributed by atoms with van der Waals surface area (Å²) in [7, 11) is -0.812. The van der Waals surface area contributed by atoms with E-state index in [2.05, 4.69) is 10.0 Å². The van der Waals surface area contributed by atoms with Gasteiger partial charge in [-0.3, -0.25) is 4.79 Å². The van der Waals surface area contributed by atoms with E-state index in [1.807, 2.05) is 30.3 Å². The van der Waals surface area contributed by atoms with Crippen molar-refractivity contribution < 1.29 is 27.4 Å². The third-order valence-electron chi connectivity index (χ3n) is 4.41. The summed E-state index contributed by atoms with van der Waals surface area (Å²) in [5.74, 6) is 1.42. The number of sulfonamides is 1. The topological polar surface area (TPSA) is 103 Å². The van der Waals surface area contributed by atoms with Crippen molar-refractivity contribution >= 4 is 21.6 Å². The molecule has 3 aromatic rings. The first-order valence-corrected chi connectivity index (χ1v) is 11.3. The Morgan fingerprint density at radius 1 is 0.844 bits per heavy atom. The second kappa shape index (κ2) is 10.7. The monoisotopic (exact) mass is 456 g/mol. The fourth-order valence-electron chi connectivity index (χ4n) is 2.84. The standard InChI is InChI=1S/C23H24N2O6S/c1-29-21-11-8-17(22(14-21)30-2)16-32(27,28)24-15-23(26)25-18-9-12-20(13-10-18)31-19-6-4-3-5-7-19/h3-14,24H,15-16H2,1-2H3,(H,25,26). The highest BCUT2D eigenvalue weighted by atomic mass is 32.2. The van der Waals surface area contributed by atoms with Gasteiger partial charge in [0.1, 0.15) is 23.0 Å². The highest BCUT2D eigenvalue weighted by Crippen LogP contribution is 2.26. The number of rotatable bonds is 10. The number of ether oxygens (including phenoxy) is 3. The van der Waals surface area contributed by atoms with E-state index in [0.29, 0.717) is 34.2 Å². The SMILES string of the molecule is COc1ccc(CS(=O)(=O)NCC(=O)Nc2ccc(Oc3ccccc3)cc2)c(OC)c1. The van der Waals surface area contributed by atoms with Gasteiger partial charge in [-0.25, -0.2) is 13.1 Å². The Balaban J connectivity index is 1.52. The lowest BCUT2D eigenvalue weighted by Gasteiger charge is -2.12. The average Bonchev–Trinajstić information content (AvgIpc) is 2.80. The Labute approximate surface area is 187 Å². The van der Waals surface area contributed by atoms with Crippen molar-refractivity contribution in [2.45, 2.75) is 5.75 Å². The van der Waals surface area contributed by atoms with Crippen LogP contribution < -0.4 is 24.2 Å². The fourth-order valence-corrected chi connectivity index (χ4v) is 3.94. The van der Waals surface area contributed by atoms with Crippen molar-refractivity contribution in [3.63, 3.8) is 0 Å². The zero-order chi connectivity index (χ0) is 23.0. The number of hydrogen-bond donors (Lipinski definition) is 2. The first-order chi connectivity index (χ1) is 15.4. The number of hydrogen-bond acceptors (Lipinski definition) is 6. The zero-order valence-corrected chi connectivity index (χ0v) is 18.5. The smallest absolute Gasteiger partial charge is 0.239 e. The molecule has 0 fully saturated rings. The van der Waals surface area contributed by atoms with Gasteiger partial charge in [0.25, 0.3) is 0 Å². The van der Waals surface area contributed by atoms with E-state index in [1.165, 1.54) is 14.2 Å². The number of methoxy groups -OCH3 is 2. The van der Waals surface area contributed by atoms with Crippen LogP contribution in [0.3, 0.4) is 0 Å². The van der Waals surface area contributed by atoms with Crippen molar-refractivity contribution in [1.82, 2.24) is 4.72 Å². The third kappa shape index (κ3) is 6.73. The second-order valence-electron chi connectivity index (χ2n) is 6.75. The lowest BCUT2D eigenvalue weighted by Crippen LogP contribution is -2.33. The minimum Gasteiger partial charge on any atom is -0.497 e. The molecular weight excluding hydrogens is 432 g/mol. The third-order valence-corrected chi connectivity index (χ3v) is 5.68. The van der Waals surface area contributed by atoms with E-state index >= 15 is 0 Å². The molecule has 0 spiro atoms. The maximum Gasteiger partial charge on any atom is 0.239 e. The number of para-hydroxylation sites is 1. The van der Waals surface area contributed by atoms with Crippen LogP contribution in [0, 0.1) is 0 Å². The van der Waals surface area contributed by atoms with Crippen LogP contribution >= 0.6 is 0 Å². The quantitative estimate of drug-likeness (QED) is 0.484. The first kappa shape index (κ1) is 23.1. The van der Waals surface area contributed by atoms with Crippen molar-refractivity contribution in [2.24, 2.45) is 0 Å². The van der Waals surface area contributed by atoms with E-state index in [0.717, 1.165) is 0 Å². The first-order valence-electron chi connectivity index (χ1n) is 9.69. The summed E-state index contributed by atoms with van der Waals surface area (Å²) in [6, 6.07) is 20.9. The normalized spacial score (nSPS) is 10.9. The summed E-state index contributed by atoms with van der Waals surface area (Å²) in [6.45, 7) is -0.400. The van der Waals surface area contributed by atoms with Crippen molar-refractivity contribution in [3.05, 3.63) is 78.4 Å². The molecule has 2 N–H and O–H groups in total. The summed E-state index contributed by atoms with van der Waals surface area (Å²) in [6.07, 6.45) is 0. The van der Waals surface area contributed by atoms with Gasteiger partial charge in [0.05, 0.1) is 26.5 Å². The van der Waals surface area contributed by atoms with Crippen molar-refractivity contribution in [3.8, 4) is 23.0 Å². The molecule has 32 heavy (non-hydrogen) atoms. The van der Waals surface area contributed by atoms with Gasteiger partial charge >= 0.3 is 0 Å². The fraction of sp³-hybridized carbons (Fsp3) is 0.174. The van der Waals surface area contributed by atoms with Gasteiger partial charge in [0.2, 0.25) is 15.9 Å². The lowest BCUT2D eigenvalue weighted by atomic mass is 10.2. The summed E-state index contributed by atoms with van der Waals surface area (Å²) < 4.78 is 43.1. The molecular formula is C23H24N2O6S. The summed E-state index contributed by atoms with van der Waals surface area (Å²) in [5, 5.41) is 2.64. The maximum absolute atomic E-state index is 12.4. The minimum atomic E-state index is -3.77. The number of carbonyl (C=O) groups excluding carboxylic acids is 1. The maximum atomic E-state index is 12.4. The lowest BCUT2D eigenvalue weighted by molar-refractivity contribution is -0.115. The molecule has 0 atom stereocenters. The number of nitrogens with one attached hydrogen (secondary N) is 2. The van der Waals surface area contributed by atoms with Crippen LogP contribution in [0.1, 0.15) is 5.56 Å². The number of amides is 1. The molecule has 0 aromatic heterocycles. The van der Waals surface area contributed by atoms with E-state index < -0.39 is 22.5 Å².